The van der Waals surface area contributed by atoms with Crippen LogP contribution in [0.5, 0.6) is 0 Å². The number of Topliss-reactive ketones (excluding diaryl/α,β-unsaturated/α-hetero) is 1. The highest BCUT2D eigenvalue weighted by molar-refractivity contribution is 5.96. The molecule has 1 amide bonds. The summed E-state index contributed by atoms with van der Waals surface area (Å²) in [5, 5.41) is 11.4. The SMILES string of the molecule is CC(=O)CC[C@H](NC(=O)c1ccccc1)C(=O)O. The standard InChI is InChI=1S/C13H15NO4/c1-9(15)7-8-11(13(17)18)14-12(16)10-5-3-2-4-6-10/h2-6,11H,7-8H2,1H3,(H,14,16)(H,17,18)/t11-/m0/s1. The Balaban J connectivity index is 2.64. The van der Waals surface area contributed by atoms with Gasteiger partial charge in [-0.1, -0.05) is 18.2 Å². The normalized spacial score (nSPS) is 11.6. The first-order valence-electron chi connectivity index (χ1n) is 5.59. The van der Waals surface area contributed by atoms with Crippen molar-refractivity contribution in [3.63, 3.8) is 0 Å². The molecule has 0 saturated heterocycles. The third kappa shape index (κ3) is 4.37. The molecule has 0 fully saturated rings. The molecule has 0 radical (unpaired) electrons. The molecular formula is C13H15NO4. The first kappa shape index (κ1) is 13.9. The summed E-state index contributed by atoms with van der Waals surface area (Å²) in [7, 11) is 0. The van der Waals surface area contributed by atoms with E-state index in [1.54, 1.807) is 30.3 Å². The topological polar surface area (TPSA) is 83.5 Å². The van der Waals surface area contributed by atoms with Gasteiger partial charge in [0.25, 0.3) is 5.91 Å². The molecule has 96 valence electrons. The number of carbonyl (C=O) groups excluding carboxylic acids is 2. The molecular weight excluding hydrogens is 234 g/mol. The molecule has 0 aliphatic rings. The van der Waals surface area contributed by atoms with Gasteiger partial charge in [0.1, 0.15) is 11.8 Å². The van der Waals surface area contributed by atoms with E-state index in [2.05, 4.69) is 5.32 Å². The van der Waals surface area contributed by atoms with E-state index < -0.39 is 17.9 Å². The fraction of sp³-hybridized carbons (Fsp3) is 0.308. The lowest BCUT2D eigenvalue weighted by Crippen LogP contribution is -2.41. The molecule has 0 bridgehead atoms. The van der Waals surface area contributed by atoms with Crippen LogP contribution in [-0.4, -0.2) is 28.8 Å². The Morgan fingerprint density at radius 1 is 1.22 bits per heavy atom. The molecule has 1 atom stereocenters. The molecule has 1 aromatic carbocycles. The summed E-state index contributed by atoms with van der Waals surface area (Å²) in [6, 6.07) is 7.31. The number of hydrogen-bond donors (Lipinski definition) is 2. The second kappa shape index (κ2) is 6.54. The van der Waals surface area contributed by atoms with Gasteiger partial charge in [-0.05, 0) is 25.5 Å². The van der Waals surface area contributed by atoms with Gasteiger partial charge in [0, 0.05) is 12.0 Å². The molecule has 1 aromatic rings. The van der Waals surface area contributed by atoms with Crippen molar-refractivity contribution in [2.45, 2.75) is 25.8 Å². The Hall–Kier alpha value is -2.17. The number of benzene rings is 1. The van der Waals surface area contributed by atoms with Crippen molar-refractivity contribution < 1.29 is 19.5 Å². The number of carboxylic acids is 1. The quantitative estimate of drug-likeness (QED) is 0.794. The van der Waals surface area contributed by atoms with E-state index in [1.165, 1.54) is 6.92 Å². The molecule has 18 heavy (non-hydrogen) atoms. The lowest BCUT2D eigenvalue weighted by molar-refractivity contribution is -0.139. The van der Waals surface area contributed by atoms with Crippen LogP contribution in [0.3, 0.4) is 0 Å². The highest BCUT2D eigenvalue weighted by atomic mass is 16.4. The van der Waals surface area contributed by atoms with Crippen molar-refractivity contribution in [1.29, 1.82) is 0 Å². The zero-order chi connectivity index (χ0) is 13.5. The number of carboxylic acid groups (broad SMARTS) is 1. The van der Waals surface area contributed by atoms with Gasteiger partial charge in [-0.3, -0.25) is 4.79 Å². The smallest absolute Gasteiger partial charge is 0.326 e. The van der Waals surface area contributed by atoms with Crippen molar-refractivity contribution in [3.05, 3.63) is 35.9 Å². The minimum absolute atomic E-state index is 0.100. The maximum Gasteiger partial charge on any atom is 0.326 e. The molecule has 0 saturated carbocycles. The third-order valence-electron chi connectivity index (χ3n) is 2.42. The third-order valence-corrected chi connectivity index (χ3v) is 2.42. The zero-order valence-electron chi connectivity index (χ0n) is 10.1. The maximum atomic E-state index is 11.7. The maximum absolute atomic E-state index is 11.7. The Morgan fingerprint density at radius 2 is 1.83 bits per heavy atom. The summed E-state index contributed by atoms with van der Waals surface area (Å²) >= 11 is 0. The minimum atomic E-state index is -1.14. The largest absolute Gasteiger partial charge is 0.480 e. The van der Waals surface area contributed by atoms with Gasteiger partial charge >= 0.3 is 5.97 Å². The van der Waals surface area contributed by atoms with E-state index in [1.807, 2.05) is 0 Å². The van der Waals surface area contributed by atoms with Crippen LogP contribution in [0.2, 0.25) is 0 Å². The van der Waals surface area contributed by atoms with Crippen LogP contribution in [0.25, 0.3) is 0 Å². The second-order valence-electron chi connectivity index (χ2n) is 3.97. The fourth-order valence-corrected chi connectivity index (χ4v) is 1.44. The van der Waals surface area contributed by atoms with Crippen LogP contribution in [0, 0.1) is 0 Å². The van der Waals surface area contributed by atoms with Gasteiger partial charge in [0.2, 0.25) is 0 Å². The molecule has 2 N–H and O–H groups in total. The average molecular weight is 249 g/mol. The summed E-state index contributed by atoms with van der Waals surface area (Å²) in [5.41, 5.74) is 0.395. The Labute approximate surface area is 105 Å². The van der Waals surface area contributed by atoms with Crippen LogP contribution >= 0.6 is 0 Å². The van der Waals surface area contributed by atoms with Gasteiger partial charge < -0.3 is 15.2 Å². The van der Waals surface area contributed by atoms with E-state index in [4.69, 9.17) is 5.11 Å². The Morgan fingerprint density at radius 3 is 2.33 bits per heavy atom. The number of rotatable bonds is 6. The number of aliphatic carboxylic acids is 1. The number of carbonyl (C=O) groups is 3. The molecule has 1 rings (SSSR count). The summed E-state index contributed by atoms with van der Waals surface area (Å²) < 4.78 is 0. The number of nitrogens with one attached hydrogen (secondary N) is 1. The minimum Gasteiger partial charge on any atom is -0.480 e. The molecule has 5 nitrogen and oxygen atoms in total. The second-order valence-corrected chi connectivity index (χ2v) is 3.97. The predicted octanol–water partition coefficient (Wildman–Crippen LogP) is 1.24. The van der Waals surface area contributed by atoms with Gasteiger partial charge in [-0.25, -0.2) is 4.79 Å². The van der Waals surface area contributed by atoms with Crippen LogP contribution in [0.4, 0.5) is 0 Å². The highest BCUT2D eigenvalue weighted by Gasteiger charge is 2.20. The van der Waals surface area contributed by atoms with Crippen molar-refractivity contribution in [3.8, 4) is 0 Å². The first-order chi connectivity index (χ1) is 8.50. The summed E-state index contributed by atoms with van der Waals surface area (Å²) in [4.78, 5) is 33.5. The number of amides is 1. The van der Waals surface area contributed by atoms with Crippen molar-refractivity contribution in [1.82, 2.24) is 5.32 Å². The van der Waals surface area contributed by atoms with E-state index in [0.29, 0.717) is 5.56 Å². The van der Waals surface area contributed by atoms with Crippen molar-refractivity contribution in [2.24, 2.45) is 0 Å². The van der Waals surface area contributed by atoms with Crippen LogP contribution < -0.4 is 5.32 Å². The van der Waals surface area contributed by atoms with Gasteiger partial charge in [-0.2, -0.15) is 0 Å². The summed E-state index contributed by atoms with van der Waals surface area (Å²) in [6.45, 7) is 1.39. The van der Waals surface area contributed by atoms with E-state index in [9.17, 15) is 14.4 Å². The fourth-order valence-electron chi connectivity index (χ4n) is 1.44. The van der Waals surface area contributed by atoms with Crippen LogP contribution in [0.15, 0.2) is 30.3 Å². The van der Waals surface area contributed by atoms with Crippen molar-refractivity contribution in [2.75, 3.05) is 0 Å². The van der Waals surface area contributed by atoms with Crippen LogP contribution in [-0.2, 0) is 9.59 Å². The van der Waals surface area contributed by atoms with E-state index in [0.717, 1.165) is 0 Å². The Kier molecular flexibility index (Phi) is 5.05. The predicted molar refractivity (Wildman–Crippen MR) is 65.2 cm³/mol. The van der Waals surface area contributed by atoms with Crippen LogP contribution in [0.1, 0.15) is 30.1 Å². The number of ketones is 1. The lowest BCUT2D eigenvalue weighted by atomic mass is 10.1. The zero-order valence-corrected chi connectivity index (χ0v) is 10.1. The molecule has 0 aliphatic carbocycles. The molecule has 0 spiro atoms. The first-order valence-corrected chi connectivity index (χ1v) is 5.59. The molecule has 0 unspecified atom stereocenters. The monoisotopic (exact) mass is 249 g/mol. The molecule has 0 heterocycles. The Bertz CT molecular complexity index is 442. The molecule has 5 heteroatoms. The number of hydrogen-bond acceptors (Lipinski definition) is 3. The summed E-state index contributed by atoms with van der Waals surface area (Å²) in [6.07, 6.45) is 0.231. The molecule has 0 aromatic heterocycles. The van der Waals surface area contributed by atoms with Crippen molar-refractivity contribution >= 4 is 17.7 Å². The average Bonchev–Trinajstić information content (AvgIpc) is 2.34. The lowest BCUT2D eigenvalue weighted by Gasteiger charge is -2.13. The van der Waals surface area contributed by atoms with Gasteiger partial charge in [0.15, 0.2) is 0 Å². The highest BCUT2D eigenvalue weighted by Crippen LogP contribution is 2.03. The van der Waals surface area contributed by atoms with E-state index in [-0.39, 0.29) is 18.6 Å². The molecule has 0 aliphatic heterocycles. The van der Waals surface area contributed by atoms with Gasteiger partial charge in [-0.15, -0.1) is 0 Å². The summed E-state index contributed by atoms with van der Waals surface area (Å²) in [5.74, 6) is -1.69. The van der Waals surface area contributed by atoms with Gasteiger partial charge in [0.05, 0.1) is 0 Å². The van der Waals surface area contributed by atoms with E-state index >= 15 is 0 Å².